The number of amides is 1. The lowest BCUT2D eigenvalue weighted by Gasteiger charge is -2.63. The summed E-state index contributed by atoms with van der Waals surface area (Å²) < 4.78 is 25.7. The van der Waals surface area contributed by atoms with Crippen LogP contribution in [0.1, 0.15) is 99.8 Å². The SMILES string of the molecule is CC(C)[C@@H](OC(=O)N(C)C)C1C[C@@H](C)[C@H]2C(O1)[C@H](O)[C@@]1(C)C3CC[C@H]4C(C)(C)C(O[C@H]5CNCCO5)CC[C@@]45C[C@@]35CC[C@]21C. The van der Waals surface area contributed by atoms with Gasteiger partial charge in [-0.25, -0.2) is 4.79 Å². The minimum Gasteiger partial charge on any atom is -0.443 e. The van der Waals surface area contributed by atoms with Gasteiger partial charge in [-0.3, -0.25) is 0 Å². The molecule has 1 amide bonds. The number of fused-ring (bicyclic) bond motifs is 4. The number of nitrogens with one attached hydrogen (secondary N) is 1. The van der Waals surface area contributed by atoms with Gasteiger partial charge in [-0.05, 0) is 103 Å². The van der Waals surface area contributed by atoms with Gasteiger partial charge < -0.3 is 34.3 Å². The highest BCUT2D eigenvalue weighted by Crippen LogP contribution is 2.89. The van der Waals surface area contributed by atoms with E-state index in [4.69, 9.17) is 18.9 Å². The zero-order chi connectivity index (χ0) is 32.3. The van der Waals surface area contributed by atoms with Crippen molar-refractivity contribution in [3.05, 3.63) is 0 Å². The van der Waals surface area contributed by atoms with Crippen LogP contribution < -0.4 is 5.32 Å². The third-order valence-corrected chi connectivity index (χ3v) is 15.6. The summed E-state index contributed by atoms with van der Waals surface area (Å²) in [5.74, 6) is 1.96. The zero-order valence-corrected chi connectivity index (χ0v) is 29.6. The number of hydrogen-bond donors (Lipinski definition) is 2. The number of aliphatic hydroxyl groups excluding tert-OH is 1. The van der Waals surface area contributed by atoms with E-state index in [2.05, 4.69) is 53.8 Å². The monoisotopic (exact) mass is 630 g/mol. The Balaban J connectivity index is 1.14. The molecule has 0 aromatic carbocycles. The third-order valence-electron chi connectivity index (χ3n) is 15.6. The summed E-state index contributed by atoms with van der Waals surface area (Å²) in [6, 6.07) is 0. The van der Waals surface area contributed by atoms with Gasteiger partial charge in [0.15, 0.2) is 6.29 Å². The van der Waals surface area contributed by atoms with Crippen LogP contribution in [-0.2, 0) is 18.9 Å². The van der Waals surface area contributed by atoms with Gasteiger partial charge in [0, 0.05) is 32.6 Å². The van der Waals surface area contributed by atoms with Crippen LogP contribution >= 0.6 is 0 Å². The van der Waals surface area contributed by atoms with E-state index in [0.717, 1.165) is 39.0 Å². The first-order valence-electron chi connectivity index (χ1n) is 18.3. The first kappa shape index (κ1) is 32.6. The smallest absolute Gasteiger partial charge is 0.409 e. The van der Waals surface area contributed by atoms with E-state index in [0.29, 0.717) is 34.5 Å². The molecule has 0 aromatic heterocycles. The molecule has 0 radical (unpaired) electrons. The second-order valence-corrected chi connectivity index (χ2v) is 18.2. The van der Waals surface area contributed by atoms with Crippen molar-refractivity contribution in [2.75, 3.05) is 33.8 Å². The summed E-state index contributed by atoms with van der Waals surface area (Å²) in [7, 11) is 3.46. The van der Waals surface area contributed by atoms with Crippen LogP contribution in [0.5, 0.6) is 0 Å². The third kappa shape index (κ3) is 4.36. The molecule has 7 rings (SSSR count). The number of carbonyl (C=O) groups excluding carboxylic acids is 1. The number of aliphatic hydroxyl groups is 1. The molecule has 5 aliphatic carbocycles. The molecule has 45 heavy (non-hydrogen) atoms. The summed E-state index contributed by atoms with van der Waals surface area (Å²) in [4.78, 5) is 14.1. The van der Waals surface area contributed by atoms with Gasteiger partial charge in [0.1, 0.15) is 6.10 Å². The van der Waals surface area contributed by atoms with Gasteiger partial charge in [-0.1, -0.05) is 48.5 Å². The maximum Gasteiger partial charge on any atom is 0.409 e. The van der Waals surface area contributed by atoms with E-state index >= 15 is 0 Å². The molecule has 2 spiro atoms. The first-order valence-corrected chi connectivity index (χ1v) is 18.3. The minimum atomic E-state index is -0.518. The van der Waals surface area contributed by atoms with Crippen molar-refractivity contribution in [3.63, 3.8) is 0 Å². The fourth-order valence-electron chi connectivity index (χ4n) is 13.4. The largest absolute Gasteiger partial charge is 0.443 e. The Morgan fingerprint density at radius 2 is 1.73 bits per heavy atom. The number of carbonyl (C=O) groups is 1. The van der Waals surface area contributed by atoms with E-state index in [-0.39, 0.29) is 59.0 Å². The molecule has 14 atom stereocenters. The van der Waals surface area contributed by atoms with Gasteiger partial charge in [-0.2, -0.15) is 0 Å². The molecule has 256 valence electrons. The minimum absolute atomic E-state index is 0.0167. The van der Waals surface area contributed by atoms with Gasteiger partial charge in [0.05, 0.1) is 31.0 Å². The molecule has 8 nitrogen and oxygen atoms in total. The van der Waals surface area contributed by atoms with Crippen LogP contribution in [0.4, 0.5) is 4.79 Å². The highest BCUT2D eigenvalue weighted by molar-refractivity contribution is 5.67. The Morgan fingerprint density at radius 3 is 2.40 bits per heavy atom. The average molecular weight is 631 g/mol. The Kier molecular flexibility index (Phi) is 7.82. The van der Waals surface area contributed by atoms with Crippen molar-refractivity contribution in [1.29, 1.82) is 0 Å². The Labute approximate surface area is 272 Å². The van der Waals surface area contributed by atoms with Gasteiger partial charge in [0.2, 0.25) is 0 Å². The maximum absolute atomic E-state index is 12.6. The number of hydrogen-bond acceptors (Lipinski definition) is 7. The van der Waals surface area contributed by atoms with Crippen molar-refractivity contribution in [1.82, 2.24) is 10.2 Å². The zero-order valence-electron chi connectivity index (χ0n) is 29.6. The van der Waals surface area contributed by atoms with Crippen molar-refractivity contribution in [2.45, 2.75) is 137 Å². The number of ether oxygens (including phenoxy) is 4. The highest BCUT2D eigenvalue weighted by atomic mass is 16.7. The lowest BCUT2D eigenvalue weighted by molar-refractivity contribution is -0.237. The van der Waals surface area contributed by atoms with Crippen LogP contribution in [0, 0.1) is 56.7 Å². The normalized spacial score (nSPS) is 52.0. The summed E-state index contributed by atoms with van der Waals surface area (Å²) in [5.41, 5.74) is 0.584. The van der Waals surface area contributed by atoms with Crippen LogP contribution in [0.25, 0.3) is 0 Å². The molecule has 2 saturated heterocycles. The van der Waals surface area contributed by atoms with E-state index < -0.39 is 6.10 Å². The molecule has 2 aliphatic heterocycles. The molecule has 0 bridgehead atoms. The summed E-state index contributed by atoms with van der Waals surface area (Å²) in [6.45, 7) is 18.9. The van der Waals surface area contributed by atoms with E-state index in [9.17, 15) is 9.90 Å². The lowest BCUT2D eigenvalue weighted by Crippen LogP contribution is -2.60. The van der Waals surface area contributed by atoms with Crippen LogP contribution in [-0.4, -0.2) is 86.7 Å². The Morgan fingerprint density at radius 1 is 1.02 bits per heavy atom. The second kappa shape index (κ2) is 10.8. The Bertz CT molecular complexity index is 1160. The Hall–Kier alpha value is -0.930. The van der Waals surface area contributed by atoms with Gasteiger partial charge in [0.25, 0.3) is 0 Å². The molecule has 0 aromatic rings. The van der Waals surface area contributed by atoms with Crippen LogP contribution in [0.2, 0.25) is 0 Å². The molecular formula is C37H62N2O6. The summed E-state index contributed by atoms with van der Waals surface area (Å²) in [6.07, 6.45) is 7.83. The van der Waals surface area contributed by atoms with Crippen molar-refractivity contribution < 1.29 is 28.8 Å². The first-order chi connectivity index (χ1) is 21.1. The molecule has 7 fully saturated rings. The molecule has 8 heteroatoms. The van der Waals surface area contributed by atoms with Crippen molar-refractivity contribution >= 4 is 6.09 Å². The number of morpholine rings is 1. The number of nitrogens with zero attached hydrogens (tertiary/aromatic N) is 1. The van der Waals surface area contributed by atoms with E-state index in [1.165, 1.54) is 37.0 Å². The van der Waals surface area contributed by atoms with E-state index in [1.807, 2.05) is 0 Å². The lowest BCUT2D eigenvalue weighted by atomic mass is 9.41. The average Bonchev–Trinajstić information content (AvgIpc) is 3.62. The molecule has 2 heterocycles. The van der Waals surface area contributed by atoms with E-state index in [1.54, 1.807) is 14.1 Å². The van der Waals surface area contributed by atoms with Crippen molar-refractivity contribution in [3.8, 4) is 0 Å². The molecule has 4 unspecified atom stereocenters. The summed E-state index contributed by atoms with van der Waals surface area (Å²) in [5, 5.41) is 16.0. The predicted octanol–water partition coefficient (Wildman–Crippen LogP) is 5.85. The van der Waals surface area contributed by atoms with Gasteiger partial charge in [-0.15, -0.1) is 0 Å². The molecular weight excluding hydrogens is 568 g/mol. The second-order valence-electron chi connectivity index (χ2n) is 18.2. The summed E-state index contributed by atoms with van der Waals surface area (Å²) >= 11 is 0. The quantitative estimate of drug-likeness (QED) is 0.394. The topological polar surface area (TPSA) is 89.5 Å². The fourth-order valence-corrected chi connectivity index (χ4v) is 13.4. The maximum atomic E-state index is 12.6. The van der Waals surface area contributed by atoms with Crippen LogP contribution in [0.15, 0.2) is 0 Å². The number of rotatable bonds is 5. The fraction of sp³-hybridized carbons (Fsp3) is 0.973. The standard InChI is InChI=1S/C37H62N2O6/c1-21(2)29(45-32(41)39(8)9)23-18-22(3)28-30(43-23)31(40)35(7)25-11-10-24-33(4,5)26(44-27-19-38-16-17-42-27)12-13-36(24)20-37(25,36)15-14-34(28,35)6/h21-31,38,40H,10-20H2,1-9H3/t22-,23?,24+,25?,26?,27+,28+,29-,30?,31+,34-,35-,36-,37+/m1/s1. The highest BCUT2D eigenvalue weighted by Gasteiger charge is 2.84. The molecule has 2 N–H and O–H groups in total. The van der Waals surface area contributed by atoms with Crippen LogP contribution in [0.3, 0.4) is 0 Å². The molecule has 7 aliphatic rings. The molecule has 5 saturated carbocycles. The van der Waals surface area contributed by atoms with Gasteiger partial charge >= 0.3 is 6.09 Å². The predicted molar refractivity (Wildman–Crippen MR) is 172 cm³/mol. The van der Waals surface area contributed by atoms with Crippen molar-refractivity contribution in [2.24, 2.45) is 56.7 Å².